The summed E-state index contributed by atoms with van der Waals surface area (Å²) in [5.74, 6) is 0.362. The maximum atomic E-state index is 12.2. The van der Waals surface area contributed by atoms with E-state index in [2.05, 4.69) is 16.7 Å². The number of carbonyl (C=O) groups is 2. The molecular weight excluding hydrogens is 340 g/mol. The molecule has 0 spiro atoms. The highest BCUT2D eigenvalue weighted by Gasteiger charge is 2.47. The molecule has 1 aliphatic carbocycles. The van der Waals surface area contributed by atoms with Gasteiger partial charge in [-0.05, 0) is 43.0 Å². The molecule has 2 unspecified atom stereocenters. The molecule has 3 rings (SSSR count). The number of methoxy groups -OCH3 is 1. The standard InChI is InChI=1S/C22H26N2O3/c1-15-4-3-5-17(12-15)14-24-22(26)20-13-19(20)21(25)23-11-10-16-6-8-18(27-2)9-7-16/h3-9,12,19-20H,10-11,13-14H2,1-2H3,(H,23,25)(H,24,26). The molecule has 2 N–H and O–H groups in total. The van der Waals surface area contributed by atoms with E-state index in [9.17, 15) is 9.59 Å². The molecule has 0 aliphatic heterocycles. The highest BCUT2D eigenvalue weighted by atomic mass is 16.5. The van der Waals surface area contributed by atoms with Crippen LogP contribution in [0.15, 0.2) is 48.5 Å². The van der Waals surface area contributed by atoms with Crippen molar-refractivity contribution < 1.29 is 14.3 Å². The molecule has 0 saturated heterocycles. The third-order valence-corrected chi connectivity index (χ3v) is 4.89. The minimum Gasteiger partial charge on any atom is -0.497 e. The smallest absolute Gasteiger partial charge is 0.224 e. The number of ether oxygens (including phenoxy) is 1. The Balaban J connectivity index is 1.37. The number of benzene rings is 2. The van der Waals surface area contributed by atoms with Crippen LogP contribution in [0.1, 0.15) is 23.1 Å². The number of rotatable bonds is 8. The Morgan fingerprint density at radius 3 is 2.37 bits per heavy atom. The van der Waals surface area contributed by atoms with Crippen LogP contribution in [0.4, 0.5) is 0 Å². The van der Waals surface area contributed by atoms with Crippen LogP contribution in [-0.2, 0) is 22.6 Å². The highest BCUT2D eigenvalue weighted by Crippen LogP contribution is 2.38. The van der Waals surface area contributed by atoms with Crippen molar-refractivity contribution in [3.63, 3.8) is 0 Å². The van der Waals surface area contributed by atoms with Crippen molar-refractivity contribution in [2.45, 2.75) is 26.3 Å². The second kappa shape index (κ2) is 8.71. The Labute approximate surface area is 160 Å². The summed E-state index contributed by atoms with van der Waals surface area (Å²) >= 11 is 0. The zero-order valence-electron chi connectivity index (χ0n) is 15.8. The Kier molecular flexibility index (Phi) is 6.12. The SMILES string of the molecule is COc1ccc(CCNC(=O)C2CC2C(=O)NCc2cccc(C)c2)cc1. The molecule has 2 aromatic rings. The summed E-state index contributed by atoms with van der Waals surface area (Å²) in [6.07, 6.45) is 1.39. The van der Waals surface area contributed by atoms with Crippen molar-refractivity contribution in [1.82, 2.24) is 10.6 Å². The van der Waals surface area contributed by atoms with Crippen molar-refractivity contribution in [3.05, 3.63) is 65.2 Å². The minimum absolute atomic E-state index is 0.0285. The van der Waals surface area contributed by atoms with E-state index in [-0.39, 0.29) is 23.7 Å². The first kappa shape index (κ1) is 19.0. The molecule has 0 bridgehead atoms. The Morgan fingerprint density at radius 2 is 1.70 bits per heavy atom. The van der Waals surface area contributed by atoms with Crippen LogP contribution in [-0.4, -0.2) is 25.5 Å². The van der Waals surface area contributed by atoms with Gasteiger partial charge < -0.3 is 15.4 Å². The fourth-order valence-electron chi connectivity index (χ4n) is 3.17. The molecule has 0 heterocycles. The summed E-state index contributed by atoms with van der Waals surface area (Å²) in [5, 5.41) is 5.87. The number of aryl methyl sites for hydroxylation is 1. The molecule has 142 valence electrons. The van der Waals surface area contributed by atoms with E-state index in [1.54, 1.807) is 7.11 Å². The molecule has 1 saturated carbocycles. The molecule has 2 aromatic carbocycles. The van der Waals surface area contributed by atoms with Gasteiger partial charge in [-0.3, -0.25) is 9.59 Å². The third-order valence-electron chi connectivity index (χ3n) is 4.89. The van der Waals surface area contributed by atoms with Crippen molar-refractivity contribution >= 4 is 11.8 Å². The number of hydrogen-bond donors (Lipinski definition) is 2. The van der Waals surface area contributed by atoms with E-state index >= 15 is 0 Å². The lowest BCUT2D eigenvalue weighted by Gasteiger charge is -2.07. The molecule has 1 fully saturated rings. The monoisotopic (exact) mass is 366 g/mol. The van der Waals surface area contributed by atoms with Crippen molar-refractivity contribution in [1.29, 1.82) is 0 Å². The number of nitrogens with one attached hydrogen (secondary N) is 2. The van der Waals surface area contributed by atoms with Crippen LogP contribution in [0.25, 0.3) is 0 Å². The van der Waals surface area contributed by atoms with Gasteiger partial charge in [-0.1, -0.05) is 42.0 Å². The Bertz CT molecular complexity index is 801. The van der Waals surface area contributed by atoms with Crippen molar-refractivity contribution in [2.24, 2.45) is 11.8 Å². The summed E-state index contributed by atoms with van der Waals surface area (Å²) in [7, 11) is 1.64. The summed E-state index contributed by atoms with van der Waals surface area (Å²) in [6, 6.07) is 15.8. The number of carbonyl (C=O) groups excluding carboxylic acids is 2. The van der Waals surface area contributed by atoms with Gasteiger partial charge in [-0.25, -0.2) is 0 Å². The molecular formula is C22H26N2O3. The van der Waals surface area contributed by atoms with E-state index in [1.807, 2.05) is 49.4 Å². The predicted octanol–water partition coefficient (Wildman–Crippen LogP) is 2.61. The molecule has 5 nitrogen and oxygen atoms in total. The van der Waals surface area contributed by atoms with Gasteiger partial charge in [-0.2, -0.15) is 0 Å². The predicted molar refractivity (Wildman–Crippen MR) is 104 cm³/mol. The van der Waals surface area contributed by atoms with E-state index in [1.165, 1.54) is 5.56 Å². The van der Waals surface area contributed by atoms with Crippen LogP contribution < -0.4 is 15.4 Å². The van der Waals surface area contributed by atoms with E-state index in [0.717, 1.165) is 23.3 Å². The van der Waals surface area contributed by atoms with Gasteiger partial charge in [0.25, 0.3) is 0 Å². The summed E-state index contributed by atoms with van der Waals surface area (Å²) in [6.45, 7) is 3.10. The van der Waals surface area contributed by atoms with Crippen molar-refractivity contribution in [2.75, 3.05) is 13.7 Å². The third kappa shape index (κ3) is 5.33. The molecule has 2 amide bonds. The number of hydrogen-bond acceptors (Lipinski definition) is 3. The molecule has 0 aromatic heterocycles. The van der Waals surface area contributed by atoms with E-state index in [4.69, 9.17) is 4.74 Å². The Hall–Kier alpha value is -2.82. The second-order valence-corrected chi connectivity index (χ2v) is 7.04. The average molecular weight is 366 g/mol. The fourth-order valence-corrected chi connectivity index (χ4v) is 3.17. The van der Waals surface area contributed by atoms with Crippen LogP contribution in [0.5, 0.6) is 5.75 Å². The zero-order chi connectivity index (χ0) is 19.2. The van der Waals surface area contributed by atoms with Crippen LogP contribution in [0, 0.1) is 18.8 Å². The highest BCUT2D eigenvalue weighted by molar-refractivity contribution is 5.92. The quantitative estimate of drug-likeness (QED) is 0.755. The largest absolute Gasteiger partial charge is 0.497 e. The van der Waals surface area contributed by atoms with Gasteiger partial charge in [0, 0.05) is 13.1 Å². The minimum atomic E-state index is -0.198. The van der Waals surface area contributed by atoms with Crippen molar-refractivity contribution in [3.8, 4) is 5.75 Å². The van der Waals surface area contributed by atoms with Crippen LogP contribution in [0.2, 0.25) is 0 Å². The van der Waals surface area contributed by atoms with Crippen LogP contribution in [0.3, 0.4) is 0 Å². The average Bonchev–Trinajstić information content (AvgIpc) is 3.48. The first-order chi connectivity index (χ1) is 13.1. The summed E-state index contributed by atoms with van der Waals surface area (Å²) in [5.41, 5.74) is 3.38. The normalized spacial score (nSPS) is 17.9. The van der Waals surface area contributed by atoms with Gasteiger partial charge in [0.1, 0.15) is 5.75 Å². The molecule has 1 aliphatic rings. The second-order valence-electron chi connectivity index (χ2n) is 7.04. The van der Waals surface area contributed by atoms with E-state index < -0.39 is 0 Å². The number of amides is 2. The van der Waals surface area contributed by atoms with Crippen LogP contribution >= 0.6 is 0 Å². The van der Waals surface area contributed by atoms with Gasteiger partial charge in [0.2, 0.25) is 11.8 Å². The lowest BCUT2D eigenvalue weighted by molar-refractivity contribution is -0.127. The molecule has 5 heteroatoms. The summed E-state index contributed by atoms with van der Waals surface area (Å²) in [4.78, 5) is 24.4. The first-order valence-electron chi connectivity index (χ1n) is 9.30. The lowest BCUT2D eigenvalue weighted by Crippen LogP contribution is -2.31. The Morgan fingerprint density at radius 1 is 1.00 bits per heavy atom. The molecule has 2 atom stereocenters. The fraction of sp³-hybridized carbons (Fsp3) is 0.364. The summed E-state index contributed by atoms with van der Waals surface area (Å²) < 4.78 is 5.13. The molecule has 0 radical (unpaired) electrons. The maximum absolute atomic E-state index is 12.2. The maximum Gasteiger partial charge on any atom is 0.224 e. The van der Waals surface area contributed by atoms with Gasteiger partial charge >= 0.3 is 0 Å². The molecule has 27 heavy (non-hydrogen) atoms. The lowest BCUT2D eigenvalue weighted by atomic mass is 10.1. The first-order valence-corrected chi connectivity index (χ1v) is 9.30. The van der Waals surface area contributed by atoms with Gasteiger partial charge in [0.15, 0.2) is 0 Å². The zero-order valence-corrected chi connectivity index (χ0v) is 15.8. The van der Waals surface area contributed by atoms with E-state index in [0.29, 0.717) is 19.5 Å². The topological polar surface area (TPSA) is 67.4 Å². The van der Waals surface area contributed by atoms with Gasteiger partial charge in [-0.15, -0.1) is 0 Å². The van der Waals surface area contributed by atoms with Gasteiger partial charge in [0.05, 0.1) is 18.9 Å².